The van der Waals surface area contributed by atoms with E-state index in [-0.39, 0.29) is 0 Å². The van der Waals surface area contributed by atoms with Gasteiger partial charge in [-0.15, -0.1) is 0 Å². The smallest absolute Gasteiger partial charge is 0.0186 e. The third-order valence-electron chi connectivity index (χ3n) is 2.36. The van der Waals surface area contributed by atoms with Crippen molar-refractivity contribution < 1.29 is 0 Å². The number of hydrogen-bond donors (Lipinski definition) is 1. The molecular formula is C13H19N. The van der Waals surface area contributed by atoms with Gasteiger partial charge in [-0.2, -0.15) is 0 Å². The molecule has 0 radical (unpaired) electrons. The Balaban J connectivity index is 3.08. The lowest BCUT2D eigenvalue weighted by atomic mass is 9.94. The predicted octanol–water partition coefficient (Wildman–Crippen LogP) is 2.99. The molecule has 0 heterocycles. The largest absolute Gasteiger partial charge is 0.326 e. The van der Waals surface area contributed by atoms with Crippen LogP contribution in [0.1, 0.15) is 30.5 Å². The van der Waals surface area contributed by atoms with Crippen LogP contribution in [0.25, 0.3) is 6.08 Å². The molecule has 1 rings (SSSR count). The first-order chi connectivity index (χ1) is 6.69. The third kappa shape index (κ3) is 2.46. The van der Waals surface area contributed by atoms with Gasteiger partial charge >= 0.3 is 0 Å². The lowest BCUT2D eigenvalue weighted by Crippen LogP contribution is -2.06. The molecule has 0 bridgehead atoms. The molecular weight excluding hydrogens is 170 g/mol. The summed E-state index contributed by atoms with van der Waals surface area (Å²) in [5.41, 5.74) is 9.53. The van der Waals surface area contributed by atoms with E-state index in [1.165, 1.54) is 16.7 Å². The molecule has 0 aliphatic rings. The summed E-state index contributed by atoms with van der Waals surface area (Å²) in [4.78, 5) is 0. The maximum atomic E-state index is 5.75. The van der Waals surface area contributed by atoms with Gasteiger partial charge in [0.25, 0.3) is 0 Å². The molecule has 2 N–H and O–H groups in total. The van der Waals surface area contributed by atoms with Crippen LogP contribution >= 0.6 is 0 Å². The number of nitrogens with two attached hydrogens (primary N) is 1. The van der Waals surface area contributed by atoms with Crippen molar-refractivity contribution in [2.75, 3.05) is 0 Å². The van der Waals surface area contributed by atoms with Crippen LogP contribution in [-0.2, 0) is 13.0 Å². The molecule has 1 aromatic rings. The van der Waals surface area contributed by atoms with Crippen LogP contribution in [0.5, 0.6) is 0 Å². The van der Waals surface area contributed by atoms with Crippen molar-refractivity contribution in [2.45, 2.75) is 26.8 Å². The second kappa shape index (κ2) is 4.97. The summed E-state index contributed by atoms with van der Waals surface area (Å²) >= 11 is 0. The Hall–Kier alpha value is -1.08. The molecule has 0 saturated carbocycles. The Labute approximate surface area is 86.6 Å². The van der Waals surface area contributed by atoms with Crippen LogP contribution in [0, 0.1) is 5.92 Å². The first kappa shape index (κ1) is 11.0. The highest BCUT2D eigenvalue weighted by Crippen LogP contribution is 2.18. The maximum Gasteiger partial charge on any atom is 0.0186 e. The normalized spacial score (nSPS) is 10.6. The molecule has 1 heteroatoms. The molecule has 1 aromatic carbocycles. The summed E-state index contributed by atoms with van der Waals surface area (Å²) in [6.45, 7) is 8.85. The zero-order valence-corrected chi connectivity index (χ0v) is 9.09. The number of benzene rings is 1. The minimum Gasteiger partial charge on any atom is -0.326 e. The van der Waals surface area contributed by atoms with Gasteiger partial charge in [0.2, 0.25) is 0 Å². The van der Waals surface area contributed by atoms with E-state index in [9.17, 15) is 0 Å². The van der Waals surface area contributed by atoms with Crippen LogP contribution < -0.4 is 5.73 Å². The molecule has 0 aromatic heterocycles. The summed E-state index contributed by atoms with van der Waals surface area (Å²) in [5, 5.41) is 0. The zero-order valence-electron chi connectivity index (χ0n) is 9.09. The van der Waals surface area contributed by atoms with Gasteiger partial charge in [-0.05, 0) is 29.0 Å². The van der Waals surface area contributed by atoms with Crippen molar-refractivity contribution in [1.29, 1.82) is 0 Å². The van der Waals surface area contributed by atoms with Crippen molar-refractivity contribution in [2.24, 2.45) is 11.7 Å². The molecule has 1 nitrogen and oxygen atoms in total. The fourth-order valence-corrected chi connectivity index (χ4v) is 1.73. The van der Waals surface area contributed by atoms with Gasteiger partial charge in [0.15, 0.2) is 0 Å². The summed E-state index contributed by atoms with van der Waals surface area (Å²) < 4.78 is 0. The topological polar surface area (TPSA) is 26.0 Å². The summed E-state index contributed by atoms with van der Waals surface area (Å²) in [5.74, 6) is 0.667. The van der Waals surface area contributed by atoms with E-state index < -0.39 is 0 Å². The molecule has 0 saturated heterocycles. The average molecular weight is 189 g/mol. The van der Waals surface area contributed by atoms with Crippen LogP contribution in [0.4, 0.5) is 0 Å². The van der Waals surface area contributed by atoms with Gasteiger partial charge < -0.3 is 5.73 Å². The quantitative estimate of drug-likeness (QED) is 0.774. The van der Waals surface area contributed by atoms with Gasteiger partial charge in [0, 0.05) is 6.54 Å². The van der Waals surface area contributed by atoms with Crippen molar-refractivity contribution in [1.82, 2.24) is 0 Å². The van der Waals surface area contributed by atoms with E-state index >= 15 is 0 Å². The minimum absolute atomic E-state index is 0.601. The second-order valence-corrected chi connectivity index (χ2v) is 3.99. The Morgan fingerprint density at radius 1 is 1.43 bits per heavy atom. The Kier molecular flexibility index (Phi) is 3.90. The average Bonchev–Trinajstić information content (AvgIpc) is 2.16. The predicted molar refractivity (Wildman–Crippen MR) is 63.0 cm³/mol. The van der Waals surface area contributed by atoms with Gasteiger partial charge in [0.1, 0.15) is 0 Å². The van der Waals surface area contributed by atoms with Crippen molar-refractivity contribution in [3.8, 4) is 0 Å². The zero-order chi connectivity index (χ0) is 10.6. The minimum atomic E-state index is 0.601. The lowest BCUT2D eigenvalue weighted by Gasteiger charge is -2.12. The van der Waals surface area contributed by atoms with E-state index in [0.29, 0.717) is 12.5 Å². The van der Waals surface area contributed by atoms with Crippen molar-refractivity contribution >= 4 is 6.08 Å². The van der Waals surface area contributed by atoms with E-state index in [1.54, 1.807) is 0 Å². The summed E-state index contributed by atoms with van der Waals surface area (Å²) in [6.07, 6.45) is 2.97. The van der Waals surface area contributed by atoms with Crippen LogP contribution in [-0.4, -0.2) is 0 Å². The maximum absolute atomic E-state index is 5.75. The number of hydrogen-bond acceptors (Lipinski definition) is 1. The van der Waals surface area contributed by atoms with E-state index in [2.05, 4.69) is 38.6 Å². The van der Waals surface area contributed by atoms with E-state index in [1.807, 2.05) is 6.08 Å². The Morgan fingerprint density at radius 3 is 2.64 bits per heavy atom. The van der Waals surface area contributed by atoms with E-state index in [4.69, 9.17) is 5.73 Å². The monoisotopic (exact) mass is 189 g/mol. The third-order valence-corrected chi connectivity index (χ3v) is 2.36. The molecule has 0 fully saturated rings. The Bertz CT molecular complexity index is 313. The molecule has 0 atom stereocenters. The molecule has 0 unspecified atom stereocenters. The molecule has 0 amide bonds. The van der Waals surface area contributed by atoms with Crippen LogP contribution in [0.15, 0.2) is 24.8 Å². The molecule has 0 aliphatic heterocycles. The highest BCUT2D eigenvalue weighted by molar-refractivity contribution is 5.54. The molecule has 0 spiro atoms. The highest BCUT2D eigenvalue weighted by atomic mass is 14.5. The summed E-state index contributed by atoms with van der Waals surface area (Å²) in [7, 11) is 0. The van der Waals surface area contributed by atoms with Crippen molar-refractivity contribution in [3.63, 3.8) is 0 Å². The van der Waals surface area contributed by atoms with Crippen LogP contribution in [0.3, 0.4) is 0 Å². The SMILES string of the molecule is C=Cc1cccc(CC(C)C)c1CN. The first-order valence-corrected chi connectivity index (χ1v) is 5.12. The summed E-state index contributed by atoms with van der Waals surface area (Å²) in [6, 6.07) is 6.31. The fraction of sp³-hybridized carbons (Fsp3) is 0.385. The lowest BCUT2D eigenvalue weighted by molar-refractivity contribution is 0.642. The van der Waals surface area contributed by atoms with Gasteiger partial charge in [-0.3, -0.25) is 0 Å². The molecule has 0 aliphatic carbocycles. The number of rotatable bonds is 4. The fourth-order valence-electron chi connectivity index (χ4n) is 1.73. The van der Waals surface area contributed by atoms with Crippen molar-refractivity contribution in [3.05, 3.63) is 41.5 Å². The standard InChI is InChI=1S/C13H19N/c1-4-11-6-5-7-12(8-10(2)3)13(11)9-14/h4-7,10H,1,8-9,14H2,2-3H3. The first-order valence-electron chi connectivity index (χ1n) is 5.12. The highest BCUT2D eigenvalue weighted by Gasteiger charge is 2.05. The van der Waals surface area contributed by atoms with Gasteiger partial charge in [-0.1, -0.05) is 44.7 Å². The van der Waals surface area contributed by atoms with Gasteiger partial charge in [-0.25, -0.2) is 0 Å². The second-order valence-electron chi connectivity index (χ2n) is 3.99. The van der Waals surface area contributed by atoms with Gasteiger partial charge in [0.05, 0.1) is 0 Å². The molecule has 14 heavy (non-hydrogen) atoms. The Morgan fingerprint density at radius 2 is 2.14 bits per heavy atom. The molecule has 76 valence electrons. The van der Waals surface area contributed by atoms with Crippen LogP contribution in [0.2, 0.25) is 0 Å². The van der Waals surface area contributed by atoms with E-state index in [0.717, 1.165) is 6.42 Å².